The van der Waals surface area contributed by atoms with E-state index in [0.29, 0.717) is 26.0 Å². The van der Waals surface area contributed by atoms with Gasteiger partial charge in [-0.2, -0.15) is 0 Å². The van der Waals surface area contributed by atoms with Crippen molar-refractivity contribution >= 4 is 5.97 Å². The second kappa shape index (κ2) is 13.8. The molecule has 39 heavy (non-hydrogen) atoms. The molecule has 2 fully saturated rings. The van der Waals surface area contributed by atoms with Crippen LogP contribution in [0.15, 0.2) is 91.0 Å². The minimum Gasteiger partial charge on any atom is -0.457 e. The molecule has 206 valence electrons. The van der Waals surface area contributed by atoms with E-state index in [1.165, 1.54) is 5.56 Å². The van der Waals surface area contributed by atoms with E-state index in [1.807, 2.05) is 78.9 Å². The lowest BCUT2D eigenvalue weighted by Gasteiger charge is -2.42. The van der Waals surface area contributed by atoms with Gasteiger partial charge >= 0.3 is 5.97 Å². The Morgan fingerprint density at radius 2 is 1.49 bits per heavy atom. The smallest absolute Gasteiger partial charge is 0.306 e. The van der Waals surface area contributed by atoms with Crippen LogP contribution in [0.2, 0.25) is 0 Å². The number of benzene rings is 3. The largest absolute Gasteiger partial charge is 0.457 e. The summed E-state index contributed by atoms with van der Waals surface area (Å²) in [5.74, 6) is -0.350. The lowest BCUT2D eigenvalue weighted by atomic mass is 9.94. The molecule has 2 aliphatic rings. The third-order valence-electron chi connectivity index (χ3n) is 7.31. The molecule has 0 aromatic heterocycles. The molecule has 6 atom stereocenters. The van der Waals surface area contributed by atoms with Crippen LogP contribution in [0.25, 0.3) is 0 Å². The maximum atomic E-state index is 12.9. The number of nitrogens with one attached hydrogen (secondary N) is 1. The molecule has 3 aromatic carbocycles. The molecule has 3 aromatic rings. The van der Waals surface area contributed by atoms with Crippen molar-refractivity contribution in [1.82, 2.24) is 5.32 Å². The summed E-state index contributed by atoms with van der Waals surface area (Å²) >= 11 is 0. The van der Waals surface area contributed by atoms with Gasteiger partial charge in [-0.1, -0.05) is 91.0 Å². The van der Waals surface area contributed by atoms with Crippen molar-refractivity contribution in [3.8, 4) is 0 Å². The number of aliphatic hydroxyl groups excluding tert-OH is 1. The standard InChI is InChI=1S/C32H37NO6/c34-21-28-31(39-29(35)17-16-23-10-4-1-5-11-23)32(36-22-25-14-8-3-9-15-25)30-27(38-28)18-26(37-30)20-33-19-24-12-6-2-7-13-24/h1-15,26-28,30-34H,16-22H2/t26?,27-,28-,30+,31-,32-/m1/s1. The fraction of sp³-hybridized carbons (Fsp3) is 0.406. The third kappa shape index (κ3) is 7.53. The van der Waals surface area contributed by atoms with Gasteiger partial charge in [0.25, 0.3) is 0 Å². The van der Waals surface area contributed by atoms with Crippen LogP contribution >= 0.6 is 0 Å². The topological polar surface area (TPSA) is 86.3 Å². The fourth-order valence-corrected chi connectivity index (χ4v) is 5.33. The van der Waals surface area contributed by atoms with Gasteiger partial charge in [0.1, 0.15) is 18.3 Å². The second-order valence-electron chi connectivity index (χ2n) is 10.2. The first kappa shape index (κ1) is 27.5. The van der Waals surface area contributed by atoms with E-state index in [0.717, 1.165) is 17.7 Å². The highest BCUT2D eigenvalue weighted by molar-refractivity contribution is 5.70. The highest BCUT2D eigenvalue weighted by Crippen LogP contribution is 2.36. The zero-order valence-corrected chi connectivity index (χ0v) is 22.1. The fourth-order valence-electron chi connectivity index (χ4n) is 5.33. The number of aliphatic hydroxyl groups is 1. The van der Waals surface area contributed by atoms with E-state index in [2.05, 4.69) is 17.4 Å². The monoisotopic (exact) mass is 531 g/mol. The first-order valence-electron chi connectivity index (χ1n) is 13.7. The van der Waals surface area contributed by atoms with E-state index < -0.39 is 24.4 Å². The molecule has 2 saturated heterocycles. The van der Waals surface area contributed by atoms with Gasteiger partial charge in [-0.3, -0.25) is 4.79 Å². The molecule has 0 amide bonds. The maximum Gasteiger partial charge on any atom is 0.306 e. The predicted octanol–water partition coefficient (Wildman–Crippen LogP) is 3.82. The first-order valence-corrected chi connectivity index (χ1v) is 13.7. The summed E-state index contributed by atoms with van der Waals surface area (Å²) in [6.07, 6.45) is -1.32. The van der Waals surface area contributed by atoms with Crippen LogP contribution in [0.5, 0.6) is 0 Å². The van der Waals surface area contributed by atoms with Crippen LogP contribution in [-0.4, -0.2) is 60.9 Å². The molecular weight excluding hydrogens is 494 g/mol. The van der Waals surface area contributed by atoms with E-state index in [1.54, 1.807) is 0 Å². The lowest BCUT2D eigenvalue weighted by Crippen LogP contribution is -2.59. The van der Waals surface area contributed by atoms with E-state index in [-0.39, 0.29) is 31.2 Å². The average Bonchev–Trinajstić information content (AvgIpc) is 3.39. The van der Waals surface area contributed by atoms with Gasteiger partial charge in [-0.25, -0.2) is 0 Å². The number of carbonyl (C=O) groups excluding carboxylic acids is 1. The summed E-state index contributed by atoms with van der Waals surface area (Å²) in [5, 5.41) is 13.7. The Kier molecular flexibility index (Phi) is 9.75. The number of fused-ring (bicyclic) bond motifs is 1. The number of esters is 1. The molecule has 7 nitrogen and oxygen atoms in total. The molecule has 0 radical (unpaired) electrons. The van der Waals surface area contributed by atoms with Crippen molar-refractivity contribution in [3.05, 3.63) is 108 Å². The molecule has 0 spiro atoms. The minimum absolute atomic E-state index is 0.0848. The number of carbonyl (C=O) groups is 1. The number of ether oxygens (including phenoxy) is 4. The molecule has 5 rings (SSSR count). The molecule has 1 unspecified atom stereocenters. The normalized spacial score (nSPS) is 26.2. The SMILES string of the molecule is O=C(CCc1ccccc1)O[C@H]1[C@H](OCc2ccccc2)[C@H]2OC(CNCc3ccccc3)C[C@H]2O[C@@H]1CO. The third-order valence-corrected chi connectivity index (χ3v) is 7.31. The van der Waals surface area contributed by atoms with Crippen molar-refractivity contribution in [3.63, 3.8) is 0 Å². The van der Waals surface area contributed by atoms with E-state index in [4.69, 9.17) is 18.9 Å². The van der Waals surface area contributed by atoms with Gasteiger partial charge in [0, 0.05) is 25.9 Å². The van der Waals surface area contributed by atoms with Gasteiger partial charge < -0.3 is 29.4 Å². The van der Waals surface area contributed by atoms with Crippen molar-refractivity contribution in [2.45, 2.75) is 69.0 Å². The molecule has 2 N–H and O–H groups in total. The zero-order chi connectivity index (χ0) is 26.9. The van der Waals surface area contributed by atoms with Gasteiger partial charge in [-0.15, -0.1) is 0 Å². The van der Waals surface area contributed by atoms with Gasteiger partial charge in [0.2, 0.25) is 0 Å². The van der Waals surface area contributed by atoms with Crippen molar-refractivity contribution in [2.24, 2.45) is 0 Å². The highest BCUT2D eigenvalue weighted by atomic mass is 16.6. The number of hydrogen-bond acceptors (Lipinski definition) is 7. The number of rotatable bonds is 12. The van der Waals surface area contributed by atoms with Crippen LogP contribution in [-0.2, 0) is 43.3 Å². The van der Waals surface area contributed by atoms with Crippen LogP contribution in [0.3, 0.4) is 0 Å². The van der Waals surface area contributed by atoms with Crippen LogP contribution in [0.1, 0.15) is 29.5 Å². The molecule has 0 bridgehead atoms. The summed E-state index contributed by atoms with van der Waals surface area (Å²) in [6.45, 7) is 1.46. The summed E-state index contributed by atoms with van der Waals surface area (Å²) in [7, 11) is 0. The minimum atomic E-state index is -0.778. The van der Waals surface area contributed by atoms with Crippen molar-refractivity contribution in [1.29, 1.82) is 0 Å². The second-order valence-corrected chi connectivity index (χ2v) is 10.2. The van der Waals surface area contributed by atoms with Crippen molar-refractivity contribution in [2.75, 3.05) is 13.2 Å². The first-order chi connectivity index (χ1) is 19.2. The number of aryl methyl sites for hydroxylation is 1. The van der Waals surface area contributed by atoms with Gasteiger partial charge in [0.05, 0.1) is 25.4 Å². The Morgan fingerprint density at radius 3 is 2.15 bits per heavy atom. The summed E-state index contributed by atoms with van der Waals surface area (Å²) in [4.78, 5) is 12.9. The predicted molar refractivity (Wildman–Crippen MR) is 147 cm³/mol. The van der Waals surface area contributed by atoms with Gasteiger partial charge in [-0.05, 0) is 23.1 Å². The molecular formula is C32H37NO6. The van der Waals surface area contributed by atoms with E-state index in [9.17, 15) is 9.90 Å². The Bertz CT molecular complexity index is 1150. The summed E-state index contributed by atoms with van der Waals surface area (Å²) < 4.78 is 25.1. The Hall–Kier alpha value is -3.07. The maximum absolute atomic E-state index is 12.9. The lowest BCUT2D eigenvalue weighted by molar-refractivity contribution is -0.243. The highest BCUT2D eigenvalue weighted by Gasteiger charge is 2.53. The van der Waals surface area contributed by atoms with Crippen molar-refractivity contribution < 1.29 is 28.8 Å². The zero-order valence-electron chi connectivity index (χ0n) is 22.1. The Labute approximate surface area is 230 Å². The van der Waals surface area contributed by atoms with Gasteiger partial charge in [0.15, 0.2) is 6.10 Å². The summed E-state index contributed by atoms with van der Waals surface area (Å²) in [6, 6.07) is 29.9. The van der Waals surface area contributed by atoms with Crippen LogP contribution < -0.4 is 5.32 Å². The molecule has 2 heterocycles. The van der Waals surface area contributed by atoms with E-state index >= 15 is 0 Å². The molecule has 0 aliphatic carbocycles. The Balaban J connectivity index is 1.25. The summed E-state index contributed by atoms with van der Waals surface area (Å²) in [5.41, 5.74) is 3.28. The molecule has 2 aliphatic heterocycles. The quantitative estimate of drug-likeness (QED) is 0.344. The molecule has 7 heteroatoms. The average molecular weight is 532 g/mol. The van der Waals surface area contributed by atoms with Crippen LogP contribution in [0, 0.1) is 0 Å². The Morgan fingerprint density at radius 1 is 0.846 bits per heavy atom. The van der Waals surface area contributed by atoms with Crippen LogP contribution in [0.4, 0.5) is 0 Å². The number of hydrogen-bond donors (Lipinski definition) is 2. The molecule has 0 saturated carbocycles.